The van der Waals surface area contributed by atoms with Crippen LogP contribution >= 0.6 is 0 Å². The summed E-state index contributed by atoms with van der Waals surface area (Å²) in [6, 6.07) is 3.76. The highest BCUT2D eigenvalue weighted by molar-refractivity contribution is 5.47. The Balaban J connectivity index is 1.81. The molecule has 5 heteroatoms. The molecule has 1 saturated carbocycles. The molecule has 1 fully saturated rings. The van der Waals surface area contributed by atoms with Gasteiger partial charge < -0.3 is 15.1 Å². The second kappa shape index (κ2) is 4.33. The van der Waals surface area contributed by atoms with Gasteiger partial charge in [-0.1, -0.05) is 0 Å². The summed E-state index contributed by atoms with van der Waals surface area (Å²) in [6.07, 6.45) is 5.76. The van der Waals surface area contributed by atoms with Crippen molar-refractivity contribution in [3.8, 4) is 0 Å². The van der Waals surface area contributed by atoms with Gasteiger partial charge in [0.15, 0.2) is 0 Å². The molecule has 3 rings (SSSR count). The van der Waals surface area contributed by atoms with E-state index in [4.69, 9.17) is 10.2 Å². The van der Waals surface area contributed by atoms with Crippen LogP contribution in [0.25, 0.3) is 0 Å². The van der Waals surface area contributed by atoms with Crippen molar-refractivity contribution in [3.63, 3.8) is 0 Å². The molecule has 1 aliphatic rings. The topological polar surface area (TPSA) is 68.2 Å². The molecule has 0 amide bonds. The van der Waals surface area contributed by atoms with E-state index in [2.05, 4.69) is 14.9 Å². The third-order valence-corrected chi connectivity index (χ3v) is 3.08. The lowest BCUT2D eigenvalue weighted by molar-refractivity contribution is 0.563. The number of rotatable bonds is 4. The van der Waals surface area contributed by atoms with Crippen molar-refractivity contribution < 1.29 is 4.42 Å². The van der Waals surface area contributed by atoms with Gasteiger partial charge in [0, 0.05) is 31.1 Å². The van der Waals surface area contributed by atoms with Crippen molar-refractivity contribution in [2.45, 2.75) is 25.3 Å². The van der Waals surface area contributed by atoms with Crippen LogP contribution in [0.1, 0.15) is 30.1 Å². The van der Waals surface area contributed by atoms with E-state index >= 15 is 0 Å². The normalized spacial score (nSPS) is 14.7. The Morgan fingerprint density at radius 2 is 2.28 bits per heavy atom. The molecule has 2 heterocycles. The van der Waals surface area contributed by atoms with Gasteiger partial charge in [0.2, 0.25) is 0 Å². The molecular formula is C13H16N4O. The molecule has 18 heavy (non-hydrogen) atoms. The fourth-order valence-electron chi connectivity index (χ4n) is 1.93. The Morgan fingerprint density at radius 3 is 2.94 bits per heavy atom. The maximum absolute atomic E-state index is 5.84. The molecule has 2 aromatic rings. The monoisotopic (exact) mass is 244 g/mol. The fourth-order valence-corrected chi connectivity index (χ4v) is 1.93. The van der Waals surface area contributed by atoms with Gasteiger partial charge in [0.25, 0.3) is 0 Å². The van der Waals surface area contributed by atoms with Gasteiger partial charge in [0.1, 0.15) is 17.5 Å². The number of nitrogens with two attached hydrogens (primary N) is 1. The van der Waals surface area contributed by atoms with Crippen molar-refractivity contribution in [2.75, 3.05) is 17.7 Å². The average Bonchev–Trinajstić information content (AvgIpc) is 3.08. The second-order valence-corrected chi connectivity index (χ2v) is 4.77. The number of aromatic nitrogens is 2. The quantitative estimate of drug-likeness (QED) is 0.892. The molecule has 0 radical (unpaired) electrons. The van der Waals surface area contributed by atoms with E-state index in [9.17, 15) is 0 Å². The molecule has 2 N–H and O–H groups in total. The van der Waals surface area contributed by atoms with Gasteiger partial charge in [-0.2, -0.15) is 0 Å². The van der Waals surface area contributed by atoms with E-state index in [0.717, 1.165) is 23.8 Å². The van der Waals surface area contributed by atoms with E-state index in [1.54, 1.807) is 12.5 Å². The molecule has 2 aromatic heterocycles. The summed E-state index contributed by atoms with van der Waals surface area (Å²) < 4.78 is 5.06. The lowest BCUT2D eigenvalue weighted by Crippen LogP contribution is -2.18. The molecule has 0 saturated heterocycles. The minimum atomic E-state index is 0.509. The second-order valence-electron chi connectivity index (χ2n) is 4.77. The lowest BCUT2D eigenvalue weighted by Gasteiger charge is -2.18. The third kappa shape index (κ3) is 2.30. The van der Waals surface area contributed by atoms with Crippen molar-refractivity contribution in [2.24, 2.45) is 0 Å². The number of nitrogen functional groups attached to an aromatic ring is 1. The van der Waals surface area contributed by atoms with Crippen LogP contribution in [0.15, 0.2) is 29.1 Å². The molecule has 1 aliphatic carbocycles. The van der Waals surface area contributed by atoms with Crippen molar-refractivity contribution in [1.82, 2.24) is 9.97 Å². The number of furan rings is 1. The van der Waals surface area contributed by atoms with Crippen LogP contribution in [0.3, 0.4) is 0 Å². The zero-order valence-electron chi connectivity index (χ0n) is 10.3. The summed E-state index contributed by atoms with van der Waals surface area (Å²) in [5, 5.41) is 0. The predicted octanol–water partition coefficient (Wildman–Crippen LogP) is 2.17. The zero-order chi connectivity index (χ0) is 12.5. The minimum absolute atomic E-state index is 0.509. The van der Waals surface area contributed by atoms with E-state index in [-0.39, 0.29) is 0 Å². The molecule has 0 bridgehead atoms. The average molecular weight is 244 g/mol. The first kappa shape index (κ1) is 11.1. The van der Waals surface area contributed by atoms with Crippen molar-refractivity contribution >= 4 is 11.6 Å². The maximum Gasteiger partial charge on any atom is 0.136 e. The molecule has 0 spiro atoms. The van der Waals surface area contributed by atoms with E-state index in [0.29, 0.717) is 11.7 Å². The van der Waals surface area contributed by atoms with Gasteiger partial charge in [-0.25, -0.2) is 9.97 Å². The van der Waals surface area contributed by atoms with Crippen LogP contribution < -0.4 is 10.6 Å². The summed E-state index contributed by atoms with van der Waals surface area (Å²) in [5.74, 6) is 2.80. The van der Waals surface area contributed by atoms with Gasteiger partial charge in [-0.3, -0.25) is 0 Å². The van der Waals surface area contributed by atoms with Crippen molar-refractivity contribution in [3.05, 3.63) is 36.0 Å². The number of hydrogen-bond donors (Lipinski definition) is 1. The molecule has 0 atom stereocenters. The molecule has 5 nitrogen and oxygen atoms in total. The maximum atomic E-state index is 5.84. The largest absolute Gasteiger partial charge is 0.472 e. The smallest absolute Gasteiger partial charge is 0.136 e. The first-order valence-corrected chi connectivity index (χ1v) is 6.09. The standard InChI is InChI=1S/C13H16N4O/c1-17(7-9-4-5-18-8-9)12-6-11(14)15-13(16-12)10-2-3-10/h4-6,8,10H,2-3,7H2,1H3,(H2,14,15,16). The summed E-state index contributed by atoms with van der Waals surface area (Å²) in [6.45, 7) is 0.747. The van der Waals surface area contributed by atoms with Crippen LogP contribution in [0.5, 0.6) is 0 Å². The van der Waals surface area contributed by atoms with Gasteiger partial charge in [-0.05, 0) is 18.9 Å². The number of nitrogens with zero attached hydrogens (tertiary/aromatic N) is 3. The van der Waals surface area contributed by atoms with Gasteiger partial charge >= 0.3 is 0 Å². The van der Waals surface area contributed by atoms with Crippen LogP contribution in [0, 0.1) is 0 Å². The van der Waals surface area contributed by atoms with Crippen LogP contribution in [0.4, 0.5) is 11.6 Å². The number of hydrogen-bond acceptors (Lipinski definition) is 5. The highest BCUT2D eigenvalue weighted by Crippen LogP contribution is 2.38. The summed E-state index contributed by atoms with van der Waals surface area (Å²) in [5.41, 5.74) is 6.95. The summed E-state index contributed by atoms with van der Waals surface area (Å²) >= 11 is 0. The van der Waals surface area contributed by atoms with E-state index < -0.39 is 0 Å². The Hall–Kier alpha value is -2.04. The Kier molecular flexibility index (Phi) is 2.66. The third-order valence-electron chi connectivity index (χ3n) is 3.08. The minimum Gasteiger partial charge on any atom is -0.472 e. The Bertz CT molecular complexity index is 534. The van der Waals surface area contributed by atoms with Gasteiger partial charge in [-0.15, -0.1) is 0 Å². The molecule has 94 valence electrons. The highest BCUT2D eigenvalue weighted by atomic mass is 16.3. The van der Waals surface area contributed by atoms with Crippen LogP contribution in [-0.4, -0.2) is 17.0 Å². The van der Waals surface area contributed by atoms with Crippen molar-refractivity contribution in [1.29, 1.82) is 0 Å². The fraction of sp³-hybridized carbons (Fsp3) is 0.385. The summed E-state index contributed by atoms with van der Waals surface area (Å²) in [7, 11) is 1.99. The predicted molar refractivity (Wildman–Crippen MR) is 69.2 cm³/mol. The highest BCUT2D eigenvalue weighted by Gasteiger charge is 2.27. The Labute approximate surface area is 106 Å². The van der Waals surface area contributed by atoms with Crippen LogP contribution in [0.2, 0.25) is 0 Å². The Morgan fingerprint density at radius 1 is 1.44 bits per heavy atom. The molecule has 0 aromatic carbocycles. The van der Waals surface area contributed by atoms with E-state index in [1.807, 2.05) is 19.2 Å². The van der Waals surface area contributed by atoms with E-state index in [1.165, 1.54) is 12.8 Å². The van der Waals surface area contributed by atoms with Crippen LogP contribution in [-0.2, 0) is 6.54 Å². The zero-order valence-corrected chi connectivity index (χ0v) is 10.3. The molecular weight excluding hydrogens is 228 g/mol. The van der Waals surface area contributed by atoms with Gasteiger partial charge in [0.05, 0.1) is 12.5 Å². The first-order valence-electron chi connectivity index (χ1n) is 6.09. The first-order chi connectivity index (χ1) is 8.72. The molecule has 0 aliphatic heterocycles. The lowest BCUT2D eigenvalue weighted by atomic mass is 10.3. The molecule has 0 unspecified atom stereocenters. The SMILES string of the molecule is CN(Cc1ccoc1)c1cc(N)nc(C2CC2)n1. The number of anilines is 2. The summed E-state index contributed by atoms with van der Waals surface area (Å²) in [4.78, 5) is 10.9.